The largest absolute Gasteiger partial charge is 0.469 e. The highest BCUT2D eigenvalue weighted by Gasteiger charge is 2.31. The number of benzene rings is 2. The number of hydrogen-bond acceptors (Lipinski definition) is 6. The van der Waals surface area contributed by atoms with Crippen molar-refractivity contribution in [2.45, 2.75) is 6.42 Å². The molecular weight excluding hydrogens is 406 g/mol. The van der Waals surface area contributed by atoms with Crippen LogP contribution >= 0.6 is 0 Å². The van der Waals surface area contributed by atoms with Gasteiger partial charge >= 0.3 is 12.0 Å². The number of ether oxygens (including phenoxy) is 1. The van der Waals surface area contributed by atoms with Crippen LogP contribution in [-0.2, 0) is 9.53 Å². The number of aromatic nitrogens is 1. The summed E-state index contributed by atoms with van der Waals surface area (Å²) >= 11 is 0. The molecule has 4 N–H and O–H groups in total. The van der Waals surface area contributed by atoms with Crippen LogP contribution in [0.15, 0.2) is 66.7 Å². The third-order valence-electron chi connectivity index (χ3n) is 5.40. The van der Waals surface area contributed by atoms with Crippen LogP contribution in [0.1, 0.15) is 6.42 Å². The van der Waals surface area contributed by atoms with E-state index in [1.54, 1.807) is 17.0 Å². The van der Waals surface area contributed by atoms with Gasteiger partial charge in [-0.3, -0.25) is 4.79 Å². The van der Waals surface area contributed by atoms with Gasteiger partial charge in [-0.2, -0.15) is 0 Å². The van der Waals surface area contributed by atoms with E-state index in [1.807, 2.05) is 54.6 Å². The molecule has 2 aromatic carbocycles. The Morgan fingerprint density at radius 3 is 2.47 bits per heavy atom. The first-order valence-corrected chi connectivity index (χ1v) is 10.4. The van der Waals surface area contributed by atoms with Crippen molar-refractivity contribution in [2.24, 2.45) is 5.92 Å². The van der Waals surface area contributed by atoms with Crippen LogP contribution in [0, 0.1) is 5.92 Å². The van der Waals surface area contributed by atoms with E-state index in [4.69, 9.17) is 10.5 Å². The van der Waals surface area contributed by atoms with Crippen LogP contribution in [0.2, 0.25) is 0 Å². The molecule has 8 nitrogen and oxygen atoms in total. The standard InChI is InChI=1S/C24H25N5O3/c1-32-23(30)17-13-14-29(15-17)24(31)27-19-9-7-18(8-10-19)26-22-20(25)11-12-21(28-22)16-5-3-2-4-6-16/h2-12,17H,13-15,25H2,1H3,(H,26,28)(H,27,31). The molecule has 0 radical (unpaired) electrons. The van der Waals surface area contributed by atoms with Crippen molar-refractivity contribution in [3.63, 3.8) is 0 Å². The predicted octanol–water partition coefficient (Wildman–Crippen LogP) is 4.10. The molecular formula is C24H25N5O3. The van der Waals surface area contributed by atoms with Gasteiger partial charge in [-0.25, -0.2) is 9.78 Å². The van der Waals surface area contributed by atoms with Crippen LogP contribution in [0.3, 0.4) is 0 Å². The van der Waals surface area contributed by atoms with Crippen LogP contribution < -0.4 is 16.4 Å². The van der Waals surface area contributed by atoms with Gasteiger partial charge in [0, 0.05) is 30.0 Å². The van der Waals surface area contributed by atoms with Gasteiger partial charge in [0.2, 0.25) is 0 Å². The Hall–Kier alpha value is -4.07. The highest BCUT2D eigenvalue weighted by Crippen LogP contribution is 2.26. The average molecular weight is 431 g/mol. The molecule has 1 saturated heterocycles. The smallest absolute Gasteiger partial charge is 0.321 e. The molecule has 164 valence electrons. The van der Waals surface area contributed by atoms with Gasteiger partial charge in [-0.05, 0) is 42.8 Å². The molecule has 2 amide bonds. The monoisotopic (exact) mass is 431 g/mol. The van der Waals surface area contributed by atoms with Crippen molar-refractivity contribution in [3.8, 4) is 11.3 Å². The lowest BCUT2D eigenvalue weighted by Crippen LogP contribution is -2.33. The Morgan fingerprint density at radius 2 is 1.75 bits per heavy atom. The molecule has 8 heteroatoms. The first-order chi connectivity index (χ1) is 15.5. The summed E-state index contributed by atoms with van der Waals surface area (Å²) in [4.78, 5) is 30.4. The average Bonchev–Trinajstić information content (AvgIpc) is 3.32. The number of methoxy groups -OCH3 is 1. The number of carbonyl (C=O) groups is 2. The summed E-state index contributed by atoms with van der Waals surface area (Å²) in [6, 6.07) is 20.6. The number of nitrogen functional groups attached to an aromatic ring is 1. The fourth-order valence-corrected chi connectivity index (χ4v) is 3.62. The summed E-state index contributed by atoms with van der Waals surface area (Å²) in [5.74, 6) is 0.0240. The lowest BCUT2D eigenvalue weighted by Gasteiger charge is -2.17. The number of anilines is 4. The number of urea groups is 1. The van der Waals surface area contributed by atoms with E-state index in [9.17, 15) is 9.59 Å². The number of nitrogens with two attached hydrogens (primary N) is 1. The van der Waals surface area contributed by atoms with E-state index in [1.165, 1.54) is 7.11 Å². The van der Waals surface area contributed by atoms with E-state index >= 15 is 0 Å². The zero-order valence-electron chi connectivity index (χ0n) is 17.7. The van der Waals surface area contributed by atoms with Gasteiger partial charge in [0.1, 0.15) is 0 Å². The Labute approximate surface area is 186 Å². The van der Waals surface area contributed by atoms with Crippen LogP contribution in [0.4, 0.5) is 27.7 Å². The van der Waals surface area contributed by atoms with Gasteiger partial charge in [-0.15, -0.1) is 0 Å². The lowest BCUT2D eigenvalue weighted by molar-refractivity contribution is -0.144. The van der Waals surface area contributed by atoms with E-state index < -0.39 is 0 Å². The summed E-state index contributed by atoms with van der Waals surface area (Å²) in [5.41, 5.74) is 9.91. The highest BCUT2D eigenvalue weighted by molar-refractivity contribution is 5.90. The molecule has 2 heterocycles. The quantitative estimate of drug-likeness (QED) is 0.525. The number of amides is 2. The summed E-state index contributed by atoms with van der Waals surface area (Å²) in [7, 11) is 1.36. The molecule has 1 aliphatic heterocycles. The number of likely N-dealkylation sites (tertiary alicyclic amines) is 1. The molecule has 0 saturated carbocycles. The van der Waals surface area contributed by atoms with Crippen molar-refractivity contribution in [3.05, 3.63) is 66.7 Å². The maximum Gasteiger partial charge on any atom is 0.321 e. The zero-order valence-corrected chi connectivity index (χ0v) is 17.7. The molecule has 1 aromatic heterocycles. The zero-order chi connectivity index (χ0) is 22.5. The molecule has 1 aliphatic rings. The molecule has 1 fully saturated rings. The second-order valence-electron chi connectivity index (χ2n) is 7.59. The number of carbonyl (C=O) groups excluding carboxylic acids is 2. The van der Waals surface area contributed by atoms with Crippen LogP contribution in [-0.4, -0.2) is 42.1 Å². The van der Waals surface area contributed by atoms with Crippen molar-refractivity contribution in [1.29, 1.82) is 0 Å². The van der Waals surface area contributed by atoms with E-state index in [0.717, 1.165) is 16.9 Å². The third-order valence-corrected chi connectivity index (χ3v) is 5.40. The summed E-state index contributed by atoms with van der Waals surface area (Å²) in [6.45, 7) is 0.884. The first kappa shape index (κ1) is 21.2. The van der Waals surface area contributed by atoms with E-state index in [2.05, 4.69) is 15.6 Å². The molecule has 0 spiro atoms. The van der Waals surface area contributed by atoms with Crippen molar-refractivity contribution in [2.75, 3.05) is 36.6 Å². The second kappa shape index (κ2) is 9.38. The Morgan fingerprint density at radius 1 is 1.03 bits per heavy atom. The van der Waals surface area contributed by atoms with Crippen LogP contribution in [0.5, 0.6) is 0 Å². The molecule has 1 atom stereocenters. The molecule has 3 aromatic rings. The maximum atomic E-state index is 12.5. The van der Waals surface area contributed by atoms with Gasteiger partial charge in [0.05, 0.1) is 24.4 Å². The van der Waals surface area contributed by atoms with Crippen molar-refractivity contribution >= 4 is 34.9 Å². The van der Waals surface area contributed by atoms with E-state index in [0.29, 0.717) is 36.7 Å². The summed E-state index contributed by atoms with van der Waals surface area (Å²) < 4.78 is 4.77. The highest BCUT2D eigenvalue weighted by atomic mass is 16.5. The minimum Gasteiger partial charge on any atom is -0.469 e. The topological polar surface area (TPSA) is 110 Å². The fourth-order valence-electron chi connectivity index (χ4n) is 3.62. The van der Waals surface area contributed by atoms with Crippen molar-refractivity contribution < 1.29 is 14.3 Å². The normalized spacial score (nSPS) is 15.3. The predicted molar refractivity (Wildman–Crippen MR) is 125 cm³/mol. The first-order valence-electron chi connectivity index (χ1n) is 10.4. The molecule has 1 unspecified atom stereocenters. The maximum absolute atomic E-state index is 12.5. The van der Waals surface area contributed by atoms with Gasteiger partial charge in [0.15, 0.2) is 5.82 Å². The minimum atomic E-state index is -0.278. The summed E-state index contributed by atoms with van der Waals surface area (Å²) in [6.07, 6.45) is 0.611. The lowest BCUT2D eigenvalue weighted by atomic mass is 10.1. The third kappa shape index (κ3) is 4.80. The SMILES string of the molecule is COC(=O)C1CCN(C(=O)Nc2ccc(Nc3nc(-c4ccccc4)ccc3N)cc2)C1. The minimum absolute atomic E-state index is 0.237. The molecule has 32 heavy (non-hydrogen) atoms. The molecule has 4 rings (SSSR count). The van der Waals surface area contributed by atoms with Crippen molar-refractivity contribution in [1.82, 2.24) is 9.88 Å². The summed E-state index contributed by atoms with van der Waals surface area (Å²) in [5, 5.41) is 6.09. The number of nitrogens with one attached hydrogen (secondary N) is 2. The Kier molecular flexibility index (Phi) is 6.21. The fraction of sp³-hybridized carbons (Fsp3) is 0.208. The van der Waals surface area contributed by atoms with E-state index in [-0.39, 0.29) is 17.9 Å². The number of hydrogen-bond donors (Lipinski definition) is 3. The van der Waals surface area contributed by atoms with Gasteiger partial charge < -0.3 is 26.0 Å². The Balaban J connectivity index is 1.39. The number of rotatable bonds is 5. The van der Waals surface area contributed by atoms with Gasteiger partial charge in [0.25, 0.3) is 0 Å². The Bertz CT molecular complexity index is 1100. The second-order valence-corrected chi connectivity index (χ2v) is 7.59. The molecule has 0 bridgehead atoms. The van der Waals surface area contributed by atoms with Crippen LogP contribution in [0.25, 0.3) is 11.3 Å². The van der Waals surface area contributed by atoms with Gasteiger partial charge in [-0.1, -0.05) is 30.3 Å². The number of nitrogens with zero attached hydrogens (tertiary/aromatic N) is 2. The molecule has 0 aliphatic carbocycles. The number of esters is 1. The number of pyridine rings is 1.